The molecule has 0 radical (unpaired) electrons. The first-order valence-electron chi connectivity index (χ1n) is 5.94. The van der Waals surface area contributed by atoms with Crippen LogP contribution in [0.4, 0.5) is 8.78 Å². The summed E-state index contributed by atoms with van der Waals surface area (Å²) in [4.78, 5) is 2.03. The number of likely N-dealkylation sites (N-methyl/N-ethyl adjacent to an activating group) is 1. The van der Waals surface area contributed by atoms with Gasteiger partial charge >= 0.3 is 0 Å². The first-order valence-corrected chi connectivity index (χ1v) is 6.73. The molecule has 0 spiro atoms. The standard InChI is InChI=1S/C12H16BrF2N3O/c1-18-4-5-19-9(6-18)12(17-16)10-8(14)3-2-7(13)11(10)15/h2-3,9,12,17H,4-6,16H2,1H3. The molecule has 1 saturated heterocycles. The fraction of sp³-hybridized carbons (Fsp3) is 0.500. The predicted molar refractivity (Wildman–Crippen MR) is 71.4 cm³/mol. The molecule has 1 heterocycles. The van der Waals surface area contributed by atoms with E-state index in [1.165, 1.54) is 12.1 Å². The van der Waals surface area contributed by atoms with Crippen molar-refractivity contribution in [3.8, 4) is 0 Å². The number of hydrogen-bond acceptors (Lipinski definition) is 4. The second-order valence-corrected chi connectivity index (χ2v) is 5.43. The molecule has 106 valence electrons. The molecule has 2 rings (SSSR count). The molecule has 2 unspecified atom stereocenters. The molecule has 0 bridgehead atoms. The van der Waals surface area contributed by atoms with E-state index in [0.29, 0.717) is 13.2 Å². The molecule has 0 amide bonds. The van der Waals surface area contributed by atoms with E-state index in [4.69, 9.17) is 10.6 Å². The zero-order chi connectivity index (χ0) is 14.0. The van der Waals surface area contributed by atoms with Crippen molar-refractivity contribution in [3.05, 3.63) is 33.8 Å². The zero-order valence-corrected chi connectivity index (χ0v) is 12.1. The Morgan fingerprint density at radius 3 is 2.89 bits per heavy atom. The smallest absolute Gasteiger partial charge is 0.145 e. The summed E-state index contributed by atoms with van der Waals surface area (Å²) in [7, 11) is 1.93. The number of nitrogens with two attached hydrogens (primary N) is 1. The van der Waals surface area contributed by atoms with Gasteiger partial charge < -0.3 is 9.64 Å². The maximum absolute atomic E-state index is 14.1. The maximum Gasteiger partial charge on any atom is 0.145 e. The van der Waals surface area contributed by atoms with Gasteiger partial charge in [-0.05, 0) is 35.1 Å². The number of hydrazine groups is 1. The third-order valence-electron chi connectivity index (χ3n) is 3.24. The number of halogens is 3. The highest BCUT2D eigenvalue weighted by Gasteiger charge is 2.32. The van der Waals surface area contributed by atoms with Crippen LogP contribution in [-0.4, -0.2) is 37.7 Å². The van der Waals surface area contributed by atoms with E-state index in [-0.39, 0.29) is 10.0 Å². The van der Waals surface area contributed by atoms with Gasteiger partial charge in [0.05, 0.1) is 23.2 Å². The van der Waals surface area contributed by atoms with Crippen LogP contribution >= 0.6 is 15.9 Å². The minimum atomic E-state index is -0.736. The summed E-state index contributed by atoms with van der Waals surface area (Å²) in [5.41, 5.74) is 2.37. The lowest BCUT2D eigenvalue weighted by Gasteiger charge is -2.35. The van der Waals surface area contributed by atoms with Crippen LogP contribution in [0, 0.1) is 11.6 Å². The van der Waals surface area contributed by atoms with Crippen LogP contribution < -0.4 is 11.3 Å². The Morgan fingerprint density at radius 1 is 1.53 bits per heavy atom. The Balaban J connectivity index is 2.34. The van der Waals surface area contributed by atoms with Gasteiger partial charge in [0, 0.05) is 18.7 Å². The number of ether oxygens (including phenoxy) is 1. The fourth-order valence-electron chi connectivity index (χ4n) is 2.22. The summed E-state index contributed by atoms with van der Waals surface area (Å²) in [5, 5.41) is 0. The van der Waals surface area contributed by atoms with Crippen molar-refractivity contribution < 1.29 is 13.5 Å². The first-order chi connectivity index (χ1) is 9.04. The van der Waals surface area contributed by atoms with E-state index in [0.717, 1.165) is 6.54 Å². The van der Waals surface area contributed by atoms with Crippen molar-refractivity contribution in [1.29, 1.82) is 0 Å². The van der Waals surface area contributed by atoms with Crippen molar-refractivity contribution in [3.63, 3.8) is 0 Å². The summed E-state index contributed by atoms with van der Waals surface area (Å²) in [6, 6.07) is 1.80. The lowest BCUT2D eigenvalue weighted by atomic mass is 9.99. The van der Waals surface area contributed by atoms with Crippen molar-refractivity contribution in [2.75, 3.05) is 26.7 Å². The van der Waals surface area contributed by atoms with Crippen molar-refractivity contribution in [2.45, 2.75) is 12.1 Å². The average molecular weight is 336 g/mol. The summed E-state index contributed by atoms with van der Waals surface area (Å²) in [6.07, 6.45) is -0.401. The quantitative estimate of drug-likeness (QED) is 0.500. The Bertz CT molecular complexity index is 461. The van der Waals surface area contributed by atoms with Gasteiger partial charge in [-0.25, -0.2) is 8.78 Å². The van der Waals surface area contributed by atoms with Gasteiger partial charge in [-0.3, -0.25) is 11.3 Å². The number of hydrogen-bond donors (Lipinski definition) is 2. The SMILES string of the molecule is CN1CCOC(C(NN)c2c(F)ccc(Br)c2F)C1. The molecule has 0 aliphatic carbocycles. The molecule has 1 aliphatic rings. The van der Waals surface area contributed by atoms with Gasteiger partial charge in [0.25, 0.3) is 0 Å². The minimum Gasteiger partial charge on any atom is -0.374 e. The molecule has 7 heteroatoms. The largest absolute Gasteiger partial charge is 0.374 e. The molecule has 1 fully saturated rings. The molecule has 0 aromatic heterocycles. The van der Waals surface area contributed by atoms with Gasteiger partial charge in [-0.15, -0.1) is 0 Å². The highest BCUT2D eigenvalue weighted by atomic mass is 79.9. The first kappa shape index (κ1) is 14.8. The van der Waals surface area contributed by atoms with Gasteiger partial charge in [-0.1, -0.05) is 0 Å². The normalized spacial score (nSPS) is 22.5. The number of nitrogens with zero attached hydrogens (tertiary/aromatic N) is 1. The highest BCUT2D eigenvalue weighted by Crippen LogP contribution is 2.30. The second-order valence-electron chi connectivity index (χ2n) is 4.57. The zero-order valence-electron chi connectivity index (χ0n) is 10.5. The summed E-state index contributed by atoms with van der Waals surface area (Å²) in [6.45, 7) is 1.86. The van der Waals surface area contributed by atoms with E-state index >= 15 is 0 Å². The van der Waals surface area contributed by atoms with Crippen molar-refractivity contribution >= 4 is 15.9 Å². The van der Waals surface area contributed by atoms with Gasteiger partial charge in [0.1, 0.15) is 11.6 Å². The number of benzene rings is 1. The molecule has 1 aromatic rings. The number of morpholine rings is 1. The van der Waals surface area contributed by atoms with E-state index < -0.39 is 23.8 Å². The third kappa shape index (κ3) is 3.11. The van der Waals surface area contributed by atoms with Crippen LogP contribution in [0.1, 0.15) is 11.6 Å². The summed E-state index contributed by atoms with van der Waals surface area (Å²) < 4.78 is 33.8. The molecule has 19 heavy (non-hydrogen) atoms. The molecule has 2 atom stereocenters. The van der Waals surface area contributed by atoms with Crippen LogP contribution in [0.25, 0.3) is 0 Å². The van der Waals surface area contributed by atoms with Crippen LogP contribution in [0.3, 0.4) is 0 Å². The molecule has 1 aliphatic heterocycles. The lowest BCUT2D eigenvalue weighted by molar-refractivity contribution is -0.0404. The van der Waals surface area contributed by atoms with E-state index in [1.54, 1.807) is 0 Å². The molecule has 4 nitrogen and oxygen atoms in total. The summed E-state index contributed by atoms with van der Waals surface area (Å²) in [5.74, 6) is 4.18. The molecule has 0 saturated carbocycles. The minimum absolute atomic E-state index is 0.0998. The average Bonchev–Trinajstić information content (AvgIpc) is 2.39. The van der Waals surface area contributed by atoms with Crippen LogP contribution in [0.2, 0.25) is 0 Å². The molecular formula is C12H16BrF2N3O. The Hall–Kier alpha value is -0.600. The van der Waals surface area contributed by atoms with Crippen LogP contribution in [0.15, 0.2) is 16.6 Å². The van der Waals surface area contributed by atoms with E-state index in [2.05, 4.69) is 21.4 Å². The van der Waals surface area contributed by atoms with Gasteiger partial charge in [0.15, 0.2) is 0 Å². The Kier molecular flexibility index (Phi) is 4.86. The molecule has 3 N–H and O–H groups in total. The van der Waals surface area contributed by atoms with Gasteiger partial charge in [-0.2, -0.15) is 0 Å². The third-order valence-corrected chi connectivity index (χ3v) is 3.85. The fourth-order valence-corrected chi connectivity index (χ4v) is 2.56. The maximum atomic E-state index is 14.1. The Labute approximate surface area is 119 Å². The monoisotopic (exact) mass is 335 g/mol. The van der Waals surface area contributed by atoms with Crippen molar-refractivity contribution in [2.24, 2.45) is 5.84 Å². The Morgan fingerprint density at radius 2 is 2.26 bits per heavy atom. The van der Waals surface area contributed by atoms with Crippen LogP contribution in [0.5, 0.6) is 0 Å². The molecule has 1 aromatic carbocycles. The van der Waals surface area contributed by atoms with E-state index in [1.807, 2.05) is 11.9 Å². The summed E-state index contributed by atoms with van der Waals surface area (Å²) >= 11 is 3.05. The molecular weight excluding hydrogens is 320 g/mol. The topological polar surface area (TPSA) is 50.5 Å². The number of nitrogens with one attached hydrogen (secondary N) is 1. The van der Waals surface area contributed by atoms with Gasteiger partial charge in [0.2, 0.25) is 0 Å². The predicted octanol–water partition coefficient (Wildman–Crippen LogP) is 1.56. The van der Waals surface area contributed by atoms with Crippen LogP contribution in [-0.2, 0) is 4.74 Å². The van der Waals surface area contributed by atoms with E-state index in [9.17, 15) is 8.78 Å². The second kappa shape index (κ2) is 6.23. The van der Waals surface area contributed by atoms with Crippen molar-refractivity contribution in [1.82, 2.24) is 10.3 Å². The lowest BCUT2D eigenvalue weighted by Crippen LogP contribution is -2.48. The number of rotatable bonds is 3. The highest BCUT2D eigenvalue weighted by molar-refractivity contribution is 9.10.